The van der Waals surface area contributed by atoms with Gasteiger partial charge < -0.3 is 15.6 Å². The third-order valence-corrected chi connectivity index (χ3v) is 3.24. The number of benzene rings is 1. The first-order valence-corrected chi connectivity index (χ1v) is 6.23. The van der Waals surface area contributed by atoms with Gasteiger partial charge >= 0.3 is 0 Å². The zero-order chi connectivity index (χ0) is 12.5. The van der Waals surface area contributed by atoms with Gasteiger partial charge in [-0.2, -0.15) is 0 Å². The number of H-pyrrole nitrogens is 1. The minimum Gasteiger partial charge on any atom is -0.342 e. The second kappa shape index (κ2) is 4.42. The van der Waals surface area contributed by atoms with Crippen molar-refractivity contribution in [3.05, 3.63) is 24.0 Å². The van der Waals surface area contributed by atoms with Crippen molar-refractivity contribution >= 4 is 22.6 Å². The lowest BCUT2D eigenvalue weighted by molar-refractivity contribution is -0.117. The molecule has 0 unspecified atom stereocenters. The van der Waals surface area contributed by atoms with E-state index in [4.69, 9.17) is 0 Å². The highest BCUT2D eigenvalue weighted by Crippen LogP contribution is 2.18. The highest BCUT2D eigenvalue weighted by molar-refractivity contribution is 5.96. The van der Waals surface area contributed by atoms with Crippen LogP contribution in [0.15, 0.2) is 18.2 Å². The van der Waals surface area contributed by atoms with Gasteiger partial charge in [0, 0.05) is 5.69 Å². The van der Waals surface area contributed by atoms with Gasteiger partial charge in [0.1, 0.15) is 5.82 Å². The maximum atomic E-state index is 12.0. The summed E-state index contributed by atoms with van der Waals surface area (Å²) >= 11 is 0. The normalized spacial score (nSPS) is 19.3. The number of nitrogens with zero attached hydrogens (tertiary/aromatic N) is 1. The molecular formula is C13H16N4O. The second-order valence-electron chi connectivity index (χ2n) is 4.69. The Balaban J connectivity index is 1.79. The molecule has 5 heteroatoms. The van der Waals surface area contributed by atoms with E-state index in [1.165, 1.54) is 0 Å². The van der Waals surface area contributed by atoms with E-state index >= 15 is 0 Å². The van der Waals surface area contributed by atoms with Crippen molar-refractivity contribution < 1.29 is 4.79 Å². The Kier molecular flexibility index (Phi) is 2.76. The lowest BCUT2D eigenvalue weighted by atomic mass is 10.2. The number of carbonyl (C=O) groups excluding carboxylic acids is 1. The highest BCUT2D eigenvalue weighted by Gasteiger charge is 2.21. The fourth-order valence-corrected chi connectivity index (χ4v) is 2.35. The summed E-state index contributed by atoms with van der Waals surface area (Å²) in [5.74, 6) is 0.925. The summed E-state index contributed by atoms with van der Waals surface area (Å²) in [6, 6.07) is 5.66. The van der Waals surface area contributed by atoms with Crippen molar-refractivity contribution in [3.8, 4) is 0 Å². The smallest absolute Gasteiger partial charge is 0.241 e. The number of imidazole rings is 1. The molecule has 0 aliphatic carbocycles. The zero-order valence-corrected chi connectivity index (χ0v) is 10.3. The third kappa shape index (κ3) is 2.09. The number of rotatable bonds is 2. The molecule has 0 spiro atoms. The average molecular weight is 244 g/mol. The van der Waals surface area contributed by atoms with E-state index in [-0.39, 0.29) is 11.9 Å². The number of anilines is 1. The van der Waals surface area contributed by atoms with Crippen LogP contribution in [-0.2, 0) is 4.79 Å². The summed E-state index contributed by atoms with van der Waals surface area (Å²) in [7, 11) is 0. The van der Waals surface area contributed by atoms with Gasteiger partial charge in [-0.25, -0.2) is 4.98 Å². The number of amides is 1. The molecule has 94 valence electrons. The van der Waals surface area contributed by atoms with Crippen molar-refractivity contribution in [1.29, 1.82) is 0 Å². The number of nitrogens with one attached hydrogen (secondary N) is 3. The van der Waals surface area contributed by atoms with Gasteiger partial charge in [0.05, 0.1) is 17.1 Å². The number of fused-ring (bicyclic) bond motifs is 1. The van der Waals surface area contributed by atoms with Crippen LogP contribution in [0.5, 0.6) is 0 Å². The standard InChI is InChI=1S/C13H16N4O/c1-8-15-10-5-4-9(7-12(10)16-8)17-13(18)11-3-2-6-14-11/h4-5,7,11,14H,2-3,6H2,1H3,(H,15,16)(H,17,18)/t11-/m1/s1. The number of aromatic nitrogens is 2. The number of hydrogen-bond donors (Lipinski definition) is 3. The molecule has 1 aromatic heterocycles. The molecule has 5 nitrogen and oxygen atoms in total. The molecule has 2 heterocycles. The van der Waals surface area contributed by atoms with Crippen LogP contribution in [0, 0.1) is 6.92 Å². The average Bonchev–Trinajstić information content (AvgIpc) is 2.95. The summed E-state index contributed by atoms with van der Waals surface area (Å²) in [4.78, 5) is 19.5. The van der Waals surface area contributed by atoms with Crippen molar-refractivity contribution in [2.45, 2.75) is 25.8 Å². The van der Waals surface area contributed by atoms with Crippen LogP contribution in [0.2, 0.25) is 0 Å². The van der Waals surface area contributed by atoms with Crippen molar-refractivity contribution in [2.75, 3.05) is 11.9 Å². The molecule has 1 aliphatic heterocycles. The van der Waals surface area contributed by atoms with E-state index in [1.54, 1.807) is 0 Å². The second-order valence-corrected chi connectivity index (χ2v) is 4.69. The molecule has 1 aliphatic rings. The van der Waals surface area contributed by atoms with E-state index in [2.05, 4.69) is 20.6 Å². The number of aryl methyl sites for hydroxylation is 1. The molecule has 3 rings (SSSR count). The fraction of sp³-hybridized carbons (Fsp3) is 0.385. The van der Waals surface area contributed by atoms with E-state index in [0.29, 0.717) is 0 Å². The maximum absolute atomic E-state index is 12.0. The van der Waals surface area contributed by atoms with Gasteiger partial charge in [-0.3, -0.25) is 4.79 Å². The first kappa shape index (κ1) is 11.2. The summed E-state index contributed by atoms with van der Waals surface area (Å²) in [6.45, 7) is 2.84. The van der Waals surface area contributed by atoms with Crippen LogP contribution >= 0.6 is 0 Å². The Morgan fingerprint density at radius 2 is 2.39 bits per heavy atom. The Labute approximate surface area is 105 Å². The van der Waals surface area contributed by atoms with E-state index in [1.807, 2.05) is 25.1 Å². The molecule has 1 atom stereocenters. The van der Waals surface area contributed by atoms with Crippen molar-refractivity contribution in [1.82, 2.24) is 15.3 Å². The van der Waals surface area contributed by atoms with Crippen LogP contribution < -0.4 is 10.6 Å². The van der Waals surface area contributed by atoms with Gasteiger partial charge in [-0.15, -0.1) is 0 Å². The zero-order valence-electron chi connectivity index (χ0n) is 10.3. The van der Waals surface area contributed by atoms with E-state index in [9.17, 15) is 4.79 Å². The van der Waals surface area contributed by atoms with Crippen molar-refractivity contribution in [3.63, 3.8) is 0 Å². The topological polar surface area (TPSA) is 69.8 Å². The van der Waals surface area contributed by atoms with E-state index in [0.717, 1.165) is 41.9 Å². The lowest BCUT2D eigenvalue weighted by Gasteiger charge is -2.10. The molecular weight excluding hydrogens is 228 g/mol. The van der Waals surface area contributed by atoms with Gasteiger partial charge in [-0.1, -0.05) is 0 Å². The minimum atomic E-state index is -0.0517. The molecule has 3 N–H and O–H groups in total. The highest BCUT2D eigenvalue weighted by atomic mass is 16.2. The molecule has 0 saturated carbocycles. The van der Waals surface area contributed by atoms with Gasteiger partial charge in [0.15, 0.2) is 0 Å². The number of aromatic amines is 1. The van der Waals surface area contributed by atoms with Gasteiger partial charge in [-0.05, 0) is 44.5 Å². The summed E-state index contributed by atoms with van der Waals surface area (Å²) in [5, 5.41) is 6.12. The summed E-state index contributed by atoms with van der Waals surface area (Å²) < 4.78 is 0. The quantitative estimate of drug-likeness (QED) is 0.751. The Bertz CT molecular complexity index is 584. The monoisotopic (exact) mass is 244 g/mol. The molecule has 1 amide bonds. The summed E-state index contributed by atoms with van der Waals surface area (Å²) in [5.41, 5.74) is 2.68. The van der Waals surface area contributed by atoms with Crippen LogP contribution in [0.25, 0.3) is 11.0 Å². The van der Waals surface area contributed by atoms with Crippen molar-refractivity contribution in [2.24, 2.45) is 0 Å². The predicted octanol–water partition coefficient (Wildman–Crippen LogP) is 1.56. The first-order valence-electron chi connectivity index (χ1n) is 6.23. The first-order chi connectivity index (χ1) is 8.72. The third-order valence-electron chi connectivity index (χ3n) is 3.24. The number of carbonyl (C=O) groups is 1. The minimum absolute atomic E-state index is 0.0445. The summed E-state index contributed by atoms with van der Waals surface area (Å²) in [6.07, 6.45) is 1.98. The molecule has 0 bridgehead atoms. The molecule has 2 aromatic rings. The van der Waals surface area contributed by atoms with Gasteiger partial charge in [0.25, 0.3) is 0 Å². The Hall–Kier alpha value is -1.88. The lowest BCUT2D eigenvalue weighted by Crippen LogP contribution is -2.35. The SMILES string of the molecule is Cc1nc2ccc(NC(=O)[C@H]3CCCN3)cc2[nH]1. The maximum Gasteiger partial charge on any atom is 0.241 e. The van der Waals surface area contributed by atoms with Crippen LogP contribution in [-0.4, -0.2) is 28.5 Å². The molecule has 18 heavy (non-hydrogen) atoms. The largest absolute Gasteiger partial charge is 0.342 e. The predicted molar refractivity (Wildman–Crippen MR) is 70.5 cm³/mol. The molecule has 0 radical (unpaired) electrons. The molecule has 1 saturated heterocycles. The van der Waals surface area contributed by atoms with Gasteiger partial charge in [0.2, 0.25) is 5.91 Å². The van der Waals surface area contributed by atoms with E-state index < -0.39 is 0 Å². The Morgan fingerprint density at radius 3 is 3.17 bits per heavy atom. The molecule has 1 fully saturated rings. The van der Waals surface area contributed by atoms with Crippen LogP contribution in [0.4, 0.5) is 5.69 Å². The Morgan fingerprint density at radius 1 is 1.50 bits per heavy atom. The van der Waals surface area contributed by atoms with Crippen LogP contribution in [0.1, 0.15) is 18.7 Å². The molecule has 1 aromatic carbocycles. The fourth-order valence-electron chi connectivity index (χ4n) is 2.35. The van der Waals surface area contributed by atoms with Crippen LogP contribution in [0.3, 0.4) is 0 Å². The number of hydrogen-bond acceptors (Lipinski definition) is 3.